The number of amides is 1. The molecule has 32 heavy (non-hydrogen) atoms. The van der Waals surface area contributed by atoms with E-state index in [1.807, 2.05) is 31.5 Å². The van der Waals surface area contributed by atoms with Crippen LogP contribution < -0.4 is 16.0 Å². The van der Waals surface area contributed by atoms with Gasteiger partial charge in [0.1, 0.15) is 0 Å². The van der Waals surface area contributed by atoms with Crippen molar-refractivity contribution in [3.05, 3.63) is 66.0 Å². The van der Waals surface area contributed by atoms with Crippen LogP contribution in [0.15, 0.2) is 59.9 Å². The predicted molar refractivity (Wildman–Crippen MR) is 139 cm³/mol. The first-order chi connectivity index (χ1) is 15.2. The Morgan fingerprint density at radius 1 is 1.03 bits per heavy atom. The van der Waals surface area contributed by atoms with Crippen molar-refractivity contribution < 1.29 is 4.79 Å². The van der Waals surface area contributed by atoms with E-state index in [2.05, 4.69) is 60.8 Å². The second-order valence-corrected chi connectivity index (χ2v) is 7.86. The minimum atomic E-state index is 0. The summed E-state index contributed by atoms with van der Waals surface area (Å²) in [4.78, 5) is 20.8. The molecule has 3 N–H and O–H groups in total. The highest BCUT2D eigenvalue weighted by molar-refractivity contribution is 14.0. The van der Waals surface area contributed by atoms with Crippen molar-refractivity contribution in [2.24, 2.45) is 10.9 Å². The van der Waals surface area contributed by atoms with Crippen LogP contribution in [0.5, 0.6) is 0 Å². The number of hydrogen-bond acceptors (Lipinski definition) is 3. The van der Waals surface area contributed by atoms with E-state index < -0.39 is 0 Å². The molecule has 1 fully saturated rings. The smallest absolute Gasteiger partial charge is 0.223 e. The maximum Gasteiger partial charge on any atom is 0.223 e. The van der Waals surface area contributed by atoms with Gasteiger partial charge in [-0.3, -0.25) is 4.79 Å². The van der Waals surface area contributed by atoms with Gasteiger partial charge in [-0.05, 0) is 43.0 Å². The van der Waals surface area contributed by atoms with Crippen LogP contribution in [0.25, 0.3) is 11.0 Å². The third-order valence-electron chi connectivity index (χ3n) is 5.33. The van der Waals surface area contributed by atoms with Gasteiger partial charge in [-0.15, -0.1) is 24.0 Å². The molecular weight excluding hydrogens is 515 g/mol. The number of aromatic nitrogens is 2. The van der Waals surface area contributed by atoms with Gasteiger partial charge in [-0.2, -0.15) is 0 Å². The van der Waals surface area contributed by atoms with Gasteiger partial charge in [0.2, 0.25) is 5.91 Å². The molecule has 3 aromatic rings. The van der Waals surface area contributed by atoms with Crippen molar-refractivity contribution >= 4 is 46.9 Å². The number of benzene rings is 2. The fourth-order valence-corrected chi connectivity index (χ4v) is 3.45. The molecule has 0 atom stereocenters. The van der Waals surface area contributed by atoms with E-state index >= 15 is 0 Å². The quantitative estimate of drug-likeness (QED) is 0.167. The first kappa shape index (κ1) is 24.0. The molecule has 7 nitrogen and oxygen atoms in total. The number of guanidine groups is 1. The maximum atomic E-state index is 11.7. The fourth-order valence-electron chi connectivity index (χ4n) is 3.45. The van der Waals surface area contributed by atoms with Crippen LogP contribution in [0.1, 0.15) is 30.9 Å². The zero-order valence-electron chi connectivity index (χ0n) is 18.4. The van der Waals surface area contributed by atoms with E-state index in [0.29, 0.717) is 19.6 Å². The minimum Gasteiger partial charge on any atom is -0.357 e. The maximum absolute atomic E-state index is 11.7. The first-order valence-electron chi connectivity index (χ1n) is 11.0. The molecule has 1 aromatic heterocycles. The highest BCUT2D eigenvalue weighted by atomic mass is 127. The molecule has 4 rings (SSSR count). The van der Waals surface area contributed by atoms with Crippen LogP contribution in [0.2, 0.25) is 0 Å². The van der Waals surface area contributed by atoms with Crippen molar-refractivity contribution in [1.82, 2.24) is 25.5 Å². The van der Waals surface area contributed by atoms with Crippen LogP contribution in [-0.2, 0) is 17.9 Å². The van der Waals surface area contributed by atoms with Crippen molar-refractivity contribution in [1.29, 1.82) is 0 Å². The zero-order valence-corrected chi connectivity index (χ0v) is 20.7. The molecule has 1 aliphatic rings. The average Bonchev–Trinajstić information content (AvgIpc) is 3.58. The average molecular weight is 546 g/mol. The Kier molecular flexibility index (Phi) is 8.90. The van der Waals surface area contributed by atoms with E-state index in [4.69, 9.17) is 0 Å². The second kappa shape index (κ2) is 11.8. The Morgan fingerprint density at radius 2 is 1.75 bits per heavy atom. The molecule has 0 unspecified atom stereocenters. The monoisotopic (exact) mass is 546 g/mol. The number of nitrogens with one attached hydrogen (secondary N) is 3. The summed E-state index contributed by atoms with van der Waals surface area (Å²) in [6.07, 6.45) is 3.95. The molecule has 1 amide bonds. The van der Waals surface area contributed by atoms with Crippen LogP contribution in [0.4, 0.5) is 0 Å². The molecule has 1 saturated carbocycles. The van der Waals surface area contributed by atoms with Gasteiger partial charge in [-0.1, -0.05) is 36.4 Å². The molecule has 0 spiro atoms. The summed E-state index contributed by atoms with van der Waals surface area (Å²) in [6, 6.07) is 16.7. The highest BCUT2D eigenvalue weighted by Crippen LogP contribution is 2.28. The molecule has 1 heterocycles. The summed E-state index contributed by atoms with van der Waals surface area (Å²) in [5, 5.41) is 9.49. The van der Waals surface area contributed by atoms with Gasteiger partial charge < -0.3 is 20.5 Å². The van der Waals surface area contributed by atoms with Gasteiger partial charge in [0.25, 0.3) is 0 Å². The van der Waals surface area contributed by atoms with Crippen LogP contribution in [0, 0.1) is 5.92 Å². The lowest BCUT2D eigenvalue weighted by atomic mass is 10.1. The number of nitrogens with zero attached hydrogens (tertiary/aromatic N) is 3. The van der Waals surface area contributed by atoms with E-state index in [-0.39, 0.29) is 35.8 Å². The number of carbonyl (C=O) groups is 1. The molecule has 170 valence electrons. The topological polar surface area (TPSA) is 83.3 Å². The summed E-state index contributed by atoms with van der Waals surface area (Å²) < 4.78 is 2.16. The number of carbonyl (C=O) groups excluding carboxylic acids is 1. The Bertz CT molecular complexity index is 1040. The minimum absolute atomic E-state index is 0. The Morgan fingerprint density at radius 3 is 2.50 bits per heavy atom. The predicted octanol–water partition coefficient (Wildman–Crippen LogP) is 3.28. The molecule has 1 aliphatic carbocycles. The first-order valence-corrected chi connectivity index (χ1v) is 11.0. The number of fused-ring (bicyclic) bond motifs is 1. The van der Waals surface area contributed by atoms with Gasteiger partial charge in [0, 0.05) is 32.1 Å². The summed E-state index contributed by atoms with van der Waals surface area (Å²) >= 11 is 0. The molecule has 8 heteroatoms. The largest absolute Gasteiger partial charge is 0.357 e. The van der Waals surface area contributed by atoms with Crippen molar-refractivity contribution in [2.75, 3.05) is 19.6 Å². The summed E-state index contributed by atoms with van der Waals surface area (Å²) in [5.74, 6) is 1.18. The van der Waals surface area contributed by atoms with E-state index in [1.54, 1.807) is 0 Å². The Labute approximate surface area is 206 Å². The molecule has 0 radical (unpaired) electrons. The molecular formula is C24H31IN6O. The number of imidazole rings is 1. The van der Waals surface area contributed by atoms with E-state index in [1.165, 1.54) is 5.56 Å². The Hall–Kier alpha value is -2.62. The van der Waals surface area contributed by atoms with E-state index in [9.17, 15) is 4.79 Å². The summed E-state index contributed by atoms with van der Waals surface area (Å²) in [5.41, 5.74) is 4.54. The molecule has 0 saturated heterocycles. The number of hydrogen-bond donors (Lipinski definition) is 3. The van der Waals surface area contributed by atoms with E-state index in [0.717, 1.165) is 48.5 Å². The molecule has 0 bridgehead atoms. The van der Waals surface area contributed by atoms with Gasteiger partial charge in [0.05, 0.1) is 23.9 Å². The number of para-hydroxylation sites is 2. The van der Waals surface area contributed by atoms with Crippen LogP contribution in [-0.4, -0.2) is 41.1 Å². The molecule has 2 aromatic carbocycles. The summed E-state index contributed by atoms with van der Waals surface area (Å²) in [7, 11) is 0. The third-order valence-corrected chi connectivity index (χ3v) is 5.33. The number of aliphatic imine (C=N–C) groups is 1. The lowest BCUT2D eigenvalue weighted by Crippen LogP contribution is -2.41. The highest BCUT2D eigenvalue weighted by Gasteiger charge is 2.28. The standard InChI is InChI=1S/C24H30N6O.HI/c1-2-25-24(27-14-13-26-23(31)20-11-12-20)28-15-18-7-9-19(10-8-18)16-30-17-29-21-5-3-4-6-22(21)30;/h3-10,17,20H,2,11-16H2,1H3,(H,26,31)(H2,25,27,28);1H. The molecule has 0 aliphatic heterocycles. The Balaban J connectivity index is 0.00000289. The van der Waals surface area contributed by atoms with Gasteiger partial charge >= 0.3 is 0 Å². The normalized spacial score (nSPS) is 13.5. The fraction of sp³-hybridized carbons (Fsp3) is 0.375. The van der Waals surface area contributed by atoms with Crippen LogP contribution in [0.3, 0.4) is 0 Å². The lowest BCUT2D eigenvalue weighted by Gasteiger charge is -2.12. The third kappa shape index (κ3) is 6.69. The zero-order chi connectivity index (χ0) is 21.5. The lowest BCUT2D eigenvalue weighted by molar-refractivity contribution is -0.122. The second-order valence-electron chi connectivity index (χ2n) is 7.86. The summed E-state index contributed by atoms with van der Waals surface area (Å²) in [6.45, 7) is 5.48. The van der Waals surface area contributed by atoms with Crippen molar-refractivity contribution in [2.45, 2.75) is 32.9 Å². The number of halogens is 1. The van der Waals surface area contributed by atoms with Crippen LogP contribution >= 0.6 is 24.0 Å². The van der Waals surface area contributed by atoms with Gasteiger partial charge in [0.15, 0.2) is 5.96 Å². The van der Waals surface area contributed by atoms with Gasteiger partial charge in [-0.25, -0.2) is 9.98 Å². The SMILES string of the molecule is CCNC(=NCc1ccc(Cn2cnc3ccccc32)cc1)NCCNC(=O)C1CC1.I. The van der Waals surface area contributed by atoms with Crippen molar-refractivity contribution in [3.8, 4) is 0 Å². The van der Waals surface area contributed by atoms with Crippen molar-refractivity contribution in [3.63, 3.8) is 0 Å². The number of rotatable bonds is 9.